The summed E-state index contributed by atoms with van der Waals surface area (Å²) in [6.07, 6.45) is 4.91. The van der Waals surface area contributed by atoms with Gasteiger partial charge in [-0.05, 0) is 49.8 Å². The molecule has 0 aliphatic rings. The van der Waals surface area contributed by atoms with Gasteiger partial charge in [-0.15, -0.1) is 0 Å². The standard InChI is InChI=1S/C12H27NOS/c1-12(2,3)10-13-8-5-6-11(14)7-9-15-4/h11,13-14H,5-10H2,1-4H3/t11-/m0/s1. The summed E-state index contributed by atoms with van der Waals surface area (Å²) in [5.74, 6) is 1.07. The lowest BCUT2D eigenvalue weighted by atomic mass is 9.97. The Bertz CT molecular complexity index is 145. The van der Waals surface area contributed by atoms with Crippen LogP contribution in [0.15, 0.2) is 0 Å². The van der Waals surface area contributed by atoms with Crippen molar-refractivity contribution in [3.63, 3.8) is 0 Å². The Balaban J connectivity index is 3.23. The molecule has 0 aromatic rings. The molecule has 0 aliphatic heterocycles. The molecule has 0 rings (SSSR count). The maximum absolute atomic E-state index is 9.60. The second-order valence-corrected chi connectivity index (χ2v) is 6.30. The third-order valence-electron chi connectivity index (χ3n) is 2.20. The van der Waals surface area contributed by atoms with Gasteiger partial charge in [0.15, 0.2) is 0 Å². The maximum Gasteiger partial charge on any atom is 0.0548 e. The molecule has 0 saturated carbocycles. The molecule has 0 saturated heterocycles. The van der Waals surface area contributed by atoms with Gasteiger partial charge < -0.3 is 10.4 Å². The van der Waals surface area contributed by atoms with Crippen LogP contribution in [0.1, 0.15) is 40.0 Å². The highest BCUT2D eigenvalue weighted by molar-refractivity contribution is 7.98. The highest BCUT2D eigenvalue weighted by atomic mass is 32.2. The van der Waals surface area contributed by atoms with Gasteiger partial charge in [-0.1, -0.05) is 20.8 Å². The van der Waals surface area contributed by atoms with E-state index in [1.807, 2.05) is 0 Å². The topological polar surface area (TPSA) is 32.3 Å². The SMILES string of the molecule is CSCC[C@@H](O)CCCNCC(C)(C)C. The van der Waals surface area contributed by atoms with Crippen LogP contribution >= 0.6 is 11.8 Å². The van der Waals surface area contributed by atoms with Crippen LogP contribution in [0.5, 0.6) is 0 Å². The molecular formula is C12H27NOS. The first-order valence-electron chi connectivity index (χ1n) is 5.83. The summed E-state index contributed by atoms with van der Waals surface area (Å²) < 4.78 is 0. The number of rotatable bonds is 8. The average molecular weight is 233 g/mol. The van der Waals surface area contributed by atoms with E-state index in [4.69, 9.17) is 0 Å². The molecule has 92 valence electrons. The molecule has 0 bridgehead atoms. The molecule has 0 radical (unpaired) electrons. The van der Waals surface area contributed by atoms with E-state index in [1.165, 1.54) is 0 Å². The molecule has 0 fully saturated rings. The summed E-state index contributed by atoms with van der Waals surface area (Å²) in [6.45, 7) is 8.76. The number of hydrogen-bond donors (Lipinski definition) is 2. The van der Waals surface area contributed by atoms with Crippen LogP contribution in [0.3, 0.4) is 0 Å². The molecule has 3 heteroatoms. The number of aliphatic hydroxyl groups excluding tert-OH is 1. The predicted molar refractivity (Wildman–Crippen MR) is 70.6 cm³/mol. The van der Waals surface area contributed by atoms with Crippen molar-refractivity contribution in [2.45, 2.75) is 46.1 Å². The Labute approximate surface area is 99.2 Å². The van der Waals surface area contributed by atoms with Gasteiger partial charge in [0.05, 0.1) is 6.10 Å². The Hall–Kier alpha value is 0.270. The molecular weight excluding hydrogens is 206 g/mol. The minimum Gasteiger partial charge on any atom is -0.393 e. The fourth-order valence-electron chi connectivity index (χ4n) is 1.32. The van der Waals surface area contributed by atoms with Gasteiger partial charge in [0.25, 0.3) is 0 Å². The van der Waals surface area contributed by atoms with E-state index in [-0.39, 0.29) is 6.10 Å². The second kappa shape index (κ2) is 8.43. The van der Waals surface area contributed by atoms with E-state index in [0.717, 1.165) is 38.1 Å². The molecule has 0 aromatic heterocycles. The highest BCUT2D eigenvalue weighted by Gasteiger charge is 2.08. The smallest absolute Gasteiger partial charge is 0.0548 e. The third-order valence-corrected chi connectivity index (χ3v) is 2.85. The van der Waals surface area contributed by atoms with Gasteiger partial charge in [-0.2, -0.15) is 11.8 Å². The molecule has 0 aromatic carbocycles. The fraction of sp³-hybridized carbons (Fsp3) is 1.00. The summed E-state index contributed by atoms with van der Waals surface area (Å²) in [7, 11) is 0. The van der Waals surface area contributed by atoms with Crippen LogP contribution in [0.25, 0.3) is 0 Å². The first-order valence-corrected chi connectivity index (χ1v) is 7.23. The molecule has 2 N–H and O–H groups in total. The minimum atomic E-state index is -0.103. The lowest BCUT2D eigenvalue weighted by Gasteiger charge is -2.19. The first kappa shape index (κ1) is 15.3. The summed E-state index contributed by atoms with van der Waals surface area (Å²) in [5, 5.41) is 13.0. The lowest BCUT2D eigenvalue weighted by Crippen LogP contribution is -2.28. The number of hydrogen-bond acceptors (Lipinski definition) is 3. The van der Waals surface area contributed by atoms with Crippen molar-refractivity contribution < 1.29 is 5.11 Å². The van der Waals surface area contributed by atoms with Gasteiger partial charge in [0, 0.05) is 0 Å². The summed E-state index contributed by atoms with van der Waals surface area (Å²) in [4.78, 5) is 0. The normalized spacial score (nSPS) is 14.2. The van der Waals surface area contributed by atoms with Crippen LogP contribution in [0.4, 0.5) is 0 Å². The number of aliphatic hydroxyl groups is 1. The Morgan fingerprint density at radius 2 is 1.93 bits per heavy atom. The molecule has 15 heavy (non-hydrogen) atoms. The van der Waals surface area contributed by atoms with E-state index in [1.54, 1.807) is 11.8 Å². The molecule has 1 atom stereocenters. The van der Waals surface area contributed by atoms with Crippen molar-refractivity contribution in [1.29, 1.82) is 0 Å². The molecule has 0 aliphatic carbocycles. The van der Waals surface area contributed by atoms with Crippen LogP contribution in [0, 0.1) is 5.41 Å². The van der Waals surface area contributed by atoms with Crippen LogP contribution in [-0.2, 0) is 0 Å². The Morgan fingerprint density at radius 3 is 2.47 bits per heavy atom. The van der Waals surface area contributed by atoms with E-state index in [9.17, 15) is 5.11 Å². The Morgan fingerprint density at radius 1 is 1.27 bits per heavy atom. The minimum absolute atomic E-state index is 0.103. The number of nitrogens with one attached hydrogen (secondary N) is 1. The largest absolute Gasteiger partial charge is 0.393 e. The van der Waals surface area contributed by atoms with Crippen LogP contribution in [0.2, 0.25) is 0 Å². The van der Waals surface area contributed by atoms with Crippen molar-refractivity contribution in [3.8, 4) is 0 Å². The zero-order valence-corrected chi connectivity index (χ0v) is 11.5. The van der Waals surface area contributed by atoms with Crippen LogP contribution < -0.4 is 5.32 Å². The monoisotopic (exact) mass is 233 g/mol. The van der Waals surface area contributed by atoms with E-state index in [0.29, 0.717) is 5.41 Å². The predicted octanol–water partition coefficient (Wildman–Crippen LogP) is 2.52. The quantitative estimate of drug-likeness (QED) is 0.632. The van der Waals surface area contributed by atoms with E-state index >= 15 is 0 Å². The third kappa shape index (κ3) is 12.2. The highest BCUT2D eigenvalue weighted by Crippen LogP contribution is 2.10. The van der Waals surface area contributed by atoms with Crippen LogP contribution in [-0.4, -0.2) is 36.3 Å². The molecule has 0 unspecified atom stereocenters. The molecule has 0 amide bonds. The second-order valence-electron chi connectivity index (χ2n) is 5.31. The van der Waals surface area contributed by atoms with Gasteiger partial charge in [0.2, 0.25) is 0 Å². The lowest BCUT2D eigenvalue weighted by molar-refractivity contribution is 0.158. The van der Waals surface area contributed by atoms with Crippen molar-refractivity contribution in [2.24, 2.45) is 5.41 Å². The summed E-state index contributed by atoms with van der Waals surface area (Å²) in [6, 6.07) is 0. The zero-order chi connectivity index (χ0) is 11.7. The molecule has 0 spiro atoms. The van der Waals surface area contributed by atoms with Crippen molar-refractivity contribution in [1.82, 2.24) is 5.32 Å². The van der Waals surface area contributed by atoms with Gasteiger partial charge >= 0.3 is 0 Å². The van der Waals surface area contributed by atoms with E-state index in [2.05, 4.69) is 32.3 Å². The first-order chi connectivity index (χ1) is 6.95. The van der Waals surface area contributed by atoms with Gasteiger partial charge in [-0.3, -0.25) is 0 Å². The Kier molecular flexibility index (Phi) is 8.58. The van der Waals surface area contributed by atoms with Gasteiger partial charge in [0.1, 0.15) is 0 Å². The summed E-state index contributed by atoms with van der Waals surface area (Å²) in [5.41, 5.74) is 0.359. The zero-order valence-electron chi connectivity index (χ0n) is 10.7. The fourth-order valence-corrected chi connectivity index (χ4v) is 1.83. The van der Waals surface area contributed by atoms with Crippen molar-refractivity contribution >= 4 is 11.8 Å². The molecule has 0 heterocycles. The molecule has 2 nitrogen and oxygen atoms in total. The maximum atomic E-state index is 9.60. The average Bonchev–Trinajstić information content (AvgIpc) is 2.12. The van der Waals surface area contributed by atoms with Crippen molar-refractivity contribution in [2.75, 3.05) is 25.1 Å². The number of thioether (sulfide) groups is 1. The van der Waals surface area contributed by atoms with E-state index < -0.39 is 0 Å². The van der Waals surface area contributed by atoms with Gasteiger partial charge in [-0.25, -0.2) is 0 Å². The van der Waals surface area contributed by atoms with Crippen molar-refractivity contribution in [3.05, 3.63) is 0 Å². The summed E-state index contributed by atoms with van der Waals surface area (Å²) >= 11 is 1.80.